The van der Waals surface area contributed by atoms with Crippen LogP contribution in [0.5, 0.6) is 5.75 Å². The molecule has 2 aromatic rings. The highest BCUT2D eigenvalue weighted by Gasteiger charge is 2.37. The van der Waals surface area contributed by atoms with Crippen molar-refractivity contribution < 1.29 is 14.3 Å². The van der Waals surface area contributed by atoms with Crippen molar-refractivity contribution in [3.8, 4) is 11.8 Å². The number of aromatic amines is 1. The molecule has 1 aliphatic rings. The molecule has 2 atom stereocenters. The lowest BCUT2D eigenvalue weighted by atomic mass is 10.2. The quantitative estimate of drug-likeness (QED) is 0.902. The third kappa shape index (κ3) is 3.24. The predicted octanol–water partition coefficient (Wildman–Crippen LogP) is 1.65. The van der Waals surface area contributed by atoms with Crippen molar-refractivity contribution in [3.05, 3.63) is 48.0 Å². The lowest BCUT2D eigenvalue weighted by molar-refractivity contribution is -0.134. The van der Waals surface area contributed by atoms with Gasteiger partial charge in [0.25, 0.3) is 5.91 Å². The Labute approximate surface area is 139 Å². The Balaban J connectivity index is 1.70. The highest BCUT2D eigenvalue weighted by Crippen LogP contribution is 2.31. The molecule has 0 spiro atoms. The number of aromatic nitrogens is 2. The third-order valence-corrected chi connectivity index (χ3v) is 4.11. The minimum atomic E-state index is -0.163. The number of hydrogen-bond donors (Lipinski definition) is 1. The second-order valence-electron chi connectivity index (χ2n) is 5.53. The molecule has 1 aromatic carbocycles. The van der Waals surface area contributed by atoms with Crippen LogP contribution in [0.15, 0.2) is 36.7 Å². The molecule has 1 aromatic heterocycles. The van der Waals surface area contributed by atoms with Gasteiger partial charge in [-0.3, -0.25) is 4.79 Å². The van der Waals surface area contributed by atoms with Gasteiger partial charge in [-0.15, -0.1) is 0 Å². The van der Waals surface area contributed by atoms with Gasteiger partial charge in [0.2, 0.25) is 0 Å². The summed E-state index contributed by atoms with van der Waals surface area (Å²) >= 11 is 0. The summed E-state index contributed by atoms with van der Waals surface area (Å²) in [5.41, 5.74) is 0.407. The largest absolute Gasteiger partial charge is 0.482 e. The summed E-state index contributed by atoms with van der Waals surface area (Å²) in [6, 6.07) is 8.75. The second-order valence-corrected chi connectivity index (χ2v) is 5.53. The Bertz CT molecular complexity index is 739. The first-order chi connectivity index (χ1) is 11.7. The molecule has 1 saturated heterocycles. The maximum Gasteiger partial charge on any atom is 0.261 e. The number of benzene rings is 1. The summed E-state index contributed by atoms with van der Waals surface area (Å²) < 4.78 is 11.0. The van der Waals surface area contributed by atoms with Gasteiger partial charge in [-0.1, -0.05) is 12.1 Å². The molecule has 24 heavy (non-hydrogen) atoms. The first kappa shape index (κ1) is 16.0. The molecular weight excluding hydrogens is 308 g/mol. The highest BCUT2D eigenvalue weighted by atomic mass is 16.5. The normalized spacial score (nSPS) is 19.9. The van der Waals surface area contributed by atoms with E-state index in [2.05, 4.69) is 16.0 Å². The molecule has 1 fully saturated rings. The fraction of sp³-hybridized carbons (Fsp3) is 0.353. The summed E-state index contributed by atoms with van der Waals surface area (Å²) in [7, 11) is 1.64. The van der Waals surface area contributed by atoms with Gasteiger partial charge in [0, 0.05) is 32.5 Å². The zero-order valence-corrected chi connectivity index (χ0v) is 13.3. The zero-order valence-electron chi connectivity index (χ0n) is 13.3. The molecule has 0 radical (unpaired) electrons. The Hall–Kier alpha value is -2.85. The lowest BCUT2D eigenvalue weighted by Gasteiger charge is -2.23. The van der Waals surface area contributed by atoms with Gasteiger partial charge in [-0.25, -0.2) is 4.98 Å². The summed E-state index contributed by atoms with van der Waals surface area (Å²) in [4.78, 5) is 21.6. The summed E-state index contributed by atoms with van der Waals surface area (Å²) in [6.45, 7) is 0.357. The second kappa shape index (κ2) is 7.15. The summed E-state index contributed by atoms with van der Waals surface area (Å²) in [5, 5.41) is 9.07. The predicted molar refractivity (Wildman–Crippen MR) is 85.1 cm³/mol. The lowest BCUT2D eigenvalue weighted by Crippen LogP contribution is -2.36. The number of amides is 1. The number of nitriles is 1. The topological polar surface area (TPSA) is 91.2 Å². The number of ether oxygens (including phenoxy) is 2. The molecule has 0 saturated carbocycles. The monoisotopic (exact) mass is 326 g/mol. The van der Waals surface area contributed by atoms with Crippen LogP contribution in [0.25, 0.3) is 0 Å². The fourth-order valence-electron chi connectivity index (χ4n) is 2.87. The van der Waals surface area contributed by atoms with Gasteiger partial charge in [0.15, 0.2) is 6.61 Å². The van der Waals surface area contributed by atoms with Crippen LogP contribution < -0.4 is 4.74 Å². The number of imidazole rings is 1. The number of carbonyl (C=O) groups is 1. The number of H-pyrrole nitrogens is 1. The molecule has 2 heterocycles. The van der Waals surface area contributed by atoms with E-state index < -0.39 is 0 Å². The van der Waals surface area contributed by atoms with Crippen molar-refractivity contribution in [2.75, 3.05) is 20.3 Å². The van der Waals surface area contributed by atoms with Crippen molar-refractivity contribution in [1.29, 1.82) is 5.26 Å². The molecule has 124 valence electrons. The van der Waals surface area contributed by atoms with Crippen molar-refractivity contribution in [1.82, 2.24) is 14.9 Å². The van der Waals surface area contributed by atoms with Gasteiger partial charge in [-0.05, 0) is 12.1 Å². The van der Waals surface area contributed by atoms with Gasteiger partial charge >= 0.3 is 0 Å². The van der Waals surface area contributed by atoms with Crippen LogP contribution in [0.3, 0.4) is 0 Å². The van der Waals surface area contributed by atoms with Crippen molar-refractivity contribution >= 4 is 5.91 Å². The number of nitrogens with one attached hydrogen (secondary N) is 1. The Kier molecular flexibility index (Phi) is 4.77. The van der Waals surface area contributed by atoms with Crippen LogP contribution >= 0.6 is 0 Å². The molecule has 1 aliphatic heterocycles. The molecular formula is C17H18N4O3. The van der Waals surface area contributed by atoms with Crippen LogP contribution in [0.4, 0.5) is 0 Å². The number of hydrogen-bond acceptors (Lipinski definition) is 5. The van der Waals surface area contributed by atoms with E-state index in [1.807, 2.05) is 0 Å². The number of carbonyl (C=O) groups excluding carboxylic acids is 1. The Morgan fingerprint density at radius 3 is 3.04 bits per heavy atom. The molecule has 1 unspecified atom stereocenters. The average molecular weight is 326 g/mol. The maximum atomic E-state index is 12.6. The van der Waals surface area contributed by atoms with E-state index in [-0.39, 0.29) is 24.7 Å². The molecule has 1 amide bonds. The third-order valence-electron chi connectivity index (χ3n) is 4.11. The van der Waals surface area contributed by atoms with Crippen molar-refractivity contribution in [2.24, 2.45) is 0 Å². The average Bonchev–Trinajstić information content (AvgIpc) is 3.28. The molecule has 3 rings (SSSR count). The van der Waals surface area contributed by atoms with Gasteiger partial charge in [-0.2, -0.15) is 5.26 Å². The minimum Gasteiger partial charge on any atom is -0.482 e. The molecule has 7 heteroatoms. The number of rotatable bonds is 5. The van der Waals surface area contributed by atoms with E-state index in [0.717, 1.165) is 5.82 Å². The van der Waals surface area contributed by atoms with E-state index in [9.17, 15) is 4.79 Å². The molecule has 1 N–H and O–H groups in total. The standard InChI is InChI=1S/C17H18N4O3/c1-23-13-8-14(17-19-6-7-20-17)21(10-13)16(22)11-24-15-5-3-2-4-12(15)9-18/h2-7,13-14H,8,10-11H2,1H3,(H,19,20)/t13-,14?/m1/s1. The number of para-hydroxylation sites is 1. The number of likely N-dealkylation sites (tertiary alicyclic amines) is 1. The number of methoxy groups -OCH3 is 1. The Morgan fingerprint density at radius 2 is 2.33 bits per heavy atom. The van der Waals surface area contributed by atoms with E-state index in [1.54, 1.807) is 48.7 Å². The van der Waals surface area contributed by atoms with E-state index >= 15 is 0 Å². The van der Waals surface area contributed by atoms with Crippen molar-refractivity contribution in [2.45, 2.75) is 18.6 Å². The van der Waals surface area contributed by atoms with E-state index in [1.165, 1.54) is 0 Å². The van der Waals surface area contributed by atoms with Gasteiger partial charge < -0.3 is 19.4 Å². The smallest absolute Gasteiger partial charge is 0.261 e. The summed E-state index contributed by atoms with van der Waals surface area (Å²) in [6.07, 6.45) is 4.05. The highest BCUT2D eigenvalue weighted by molar-refractivity contribution is 5.78. The first-order valence-corrected chi connectivity index (χ1v) is 7.66. The minimum absolute atomic E-state index is 0.0320. The van der Waals surface area contributed by atoms with Crippen LogP contribution in [0.2, 0.25) is 0 Å². The number of nitrogens with zero attached hydrogens (tertiary/aromatic N) is 3. The van der Waals surface area contributed by atoms with E-state index in [4.69, 9.17) is 14.7 Å². The summed E-state index contributed by atoms with van der Waals surface area (Å²) in [5.74, 6) is 0.981. The van der Waals surface area contributed by atoms with Crippen LogP contribution in [-0.4, -0.2) is 47.1 Å². The zero-order chi connectivity index (χ0) is 16.9. The molecule has 7 nitrogen and oxygen atoms in total. The van der Waals surface area contributed by atoms with E-state index in [0.29, 0.717) is 24.3 Å². The molecule has 0 aliphatic carbocycles. The van der Waals surface area contributed by atoms with Gasteiger partial charge in [0.1, 0.15) is 17.6 Å². The van der Waals surface area contributed by atoms with Crippen LogP contribution in [-0.2, 0) is 9.53 Å². The van der Waals surface area contributed by atoms with Crippen molar-refractivity contribution in [3.63, 3.8) is 0 Å². The first-order valence-electron chi connectivity index (χ1n) is 7.66. The Morgan fingerprint density at radius 1 is 1.50 bits per heavy atom. The molecule has 0 bridgehead atoms. The van der Waals surface area contributed by atoms with Crippen LogP contribution in [0, 0.1) is 11.3 Å². The van der Waals surface area contributed by atoms with Gasteiger partial charge in [0.05, 0.1) is 17.7 Å². The van der Waals surface area contributed by atoms with Crippen LogP contribution in [0.1, 0.15) is 23.9 Å². The maximum absolute atomic E-state index is 12.6. The fourth-order valence-corrected chi connectivity index (χ4v) is 2.87. The SMILES string of the molecule is CO[C@@H]1CC(c2ncc[nH]2)N(C(=O)COc2ccccc2C#N)C1.